The summed E-state index contributed by atoms with van der Waals surface area (Å²) in [5.41, 5.74) is 4.30. The normalized spacial score (nSPS) is 16.5. The average Bonchev–Trinajstić information content (AvgIpc) is 3.41. The molecule has 2 aliphatic rings. The third-order valence-corrected chi connectivity index (χ3v) is 7.81. The smallest absolute Gasteiger partial charge is 0.379 e. The zero-order valence-electron chi connectivity index (χ0n) is 23.6. The first-order chi connectivity index (χ1) is 20.2. The number of morpholine rings is 1. The number of pyridine rings is 1. The Hall–Kier alpha value is -3.57. The molecule has 0 atom stereocenters. The summed E-state index contributed by atoms with van der Waals surface area (Å²) in [5, 5.41) is 4.63. The average molecular weight is 584 g/mol. The molecule has 2 aromatic heterocycles. The lowest BCUT2D eigenvalue weighted by atomic mass is 10.00. The van der Waals surface area contributed by atoms with Crippen LogP contribution in [-0.4, -0.2) is 88.2 Å². The number of carbonyl (C=O) groups excluding carboxylic acids is 2. The minimum absolute atomic E-state index is 0.153. The van der Waals surface area contributed by atoms with Crippen molar-refractivity contribution < 1.29 is 27.5 Å². The van der Waals surface area contributed by atoms with Crippen LogP contribution in [0.25, 0.3) is 11.2 Å². The number of hydrogen-bond acceptors (Lipinski definition) is 6. The molecule has 8 nitrogen and oxygen atoms in total. The summed E-state index contributed by atoms with van der Waals surface area (Å²) < 4.78 is 44.6. The lowest BCUT2D eigenvalue weighted by molar-refractivity contribution is -0.148. The molecule has 3 aromatic rings. The molecule has 1 saturated heterocycles. The molecular weight excluding hydrogens is 547 g/mol. The van der Waals surface area contributed by atoms with Gasteiger partial charge in [0, 0.05) is 62.8 Å². The largest absolute Gasteiger partial charge is 0.389 e. The number of ether oxygens (including phenoxy) is 1. The minimum atomic E-state index is -4.34. The van der Waals surface area contributed by atoms with Crippen molar-refractivity contribution >= 4 is 22.9 Å². The summed E-state index contributed by atoms with van der Waals surface area (Å²) in [4.78, 5) is 33.5. The number of alkyl halides is 3. The van der Waals surface area contributed by atoms with E-state index in [2.05, 4.69) is 10.00 Å². The molecule has 0 aliphatic carbocycles. The number of ketones is 1. The highest BCUT2D eigenvalue weighted by Gasteiger charge is 2.29. The molecule has 0 radical (unpaired) electrons. The molecule has 5 rings (SSSR count). The van der Waals surface area contributed by atoms with E-state index in [1.165, 1.54) is 4.90 Å². The summed E-state index contributed by atoms with van der Waals surface area (Å²) >= 11 is 0. The summed E-state index contributed by atoms with van der Waals surface area (Å²) in [6, 6.07) is 11.5. The number of rotatable bonds is 11. The van der Waals surface area contributed by atoms with E-state index in [0.29, 0.717) is 42.8 Å². The first-order valence-electron chi connectivity index (χ1n) is 14.6. The molecule has 0 unspecified atom stereocenters. The number of carbonyl (C=O) groups is 2. The first kappa shape index (κ1) is 29.9. The Kier molecular flexibility index (Phi) is 9.69. The van der Waals surface area contributed by atoms with Crippen LogP contribution in [-0.2, 0) is 16.0 Å². The maximum atomic E-state index is 12.7. The van der Waals surface area contributed by atoms with Crippen molar-refractivity contribution in [3.63, 3.8) is 0 Å². The monoisotopic (exact) mass is 583 g/mol. The summed E-state index contributed by atoms with van der Waals surface area (Å²) in [6.45, 7) is 5.15. The van der Waals surface area contributed by atoms with Crippen molar-refractivity contribution in [2.24, 2.45) is 0 Å². The third-order valence-electron chi connectivity index (χ3n) is 7.81. The van der Waals surface area contributed by atoms with Crippen molar-refractivity contribution in [2.45, 2.75) is 51.1 Å². The first-order valence-corrected chi connectivity index (χ1v) is 14.6. The number of aromatic nitrogens is 3. The van der Waals surface area contributed by atoms with Gasteiger partial charge in [0.05, 0.1) is 19.6 Å². The number of unbranched alkanes of at least 4 members (excludes halogenated alkanes) is 1. The highest BCUT2D eigenvalue weighted by Crippen LogP contribution is 2.27. The number of Topliss-reactive ketones (excluding diaryl/α,β-unsaturated/α-hetero) is 1. The van der Waals surface area contributed by atoms with E-state index < -0.39 is 24.9 Å². The van der Waals surface area contributed by atoms with Gasteiger partial charge in [-0.25, -0.2) is 9.50 Å². The van der Waals surface area contributed by atoms with Crippen LogP contribution in [0.1, 0.15) is 65.8 Å². The summed E-state index contributed by atoms with van der Waals surface area (Å²) in [7, 11) is 0. The SMILES string of the molecule is O=C(CCCCN1CCOCC1)c1ccc(Cc2nc3c(C4=CCN(C(=O)CCC(F)(F)F)CC4)cccn3n2)cc1. The van der Waals surface area contributed by atoms with Crippen molar-refractivity contribution in [2.75, 3.05) is 45.9 Å². The number of fused-ring (bicyclic) bond motifs is 1. The Balaban J connectivity index is 1.15. The van der Waals surface area contributed by atoms with Gasteiger partial charge in [-0.3, -0.25) is 14.5 Å². The summed E-state index contributed by atoms with van der Waals surface area (Å²) in [6.07, 6.45) is 1.19. The van der Waals surface area contributed by atoms with Crippen LogP contribution in [0.3, 0.4) is 0 Å². The fraction of sp³-hybridized carbons (Fsp3) is 0.484. The second kappa shape index (κ2) is 13.6. The van der Waals surface area contributed by atoms with E-state index in [4.69, 9.17) is 9.72 Å². The fourth-order valence-electron chi connectivity index (χ4n) is 5.40. The fourth-order valence-corrected chi connectivity index (χ4v) is 5.40. The van der Waals surface area contributed by atoms with Gasteiger partial charge in [0.2, 0.25) is 5.91 Å². The van der Waals surface area contributed by atoms with Crippen LogP contribution in [0.15, 0.2) is 48.7 Å². The van der Waals surface area contributed by atoms with Crippen molar-refractivity contribution in [3.05, 3.63) is 71.2 Å². The number of amides is 1. The van der Waals surface area contributed by atoms with Gasteiger partial charge in [-0.1, -0.05) is 30.3 Å². The molecule has 1 fully saturated rings. The Bertz CT molecular complexity index is 1410. The van der Waals surface area contributed by atoms with Crippen LogP contribution >= 0.6 is 0 Å². The Morgan fingerprint density at radius 3 is 2.48 bits per heavy atom. The molecule has 4 heterocycles. The van der Waals surface area contributed by atoms with Crippen LogP contribution in [0.5, 0.6) is 0 Å². The molecule has 1 amide bonds. The van der Waals surface area contributed by atoms with Crippen LogP contribution < -0.4 is 0 Å². The van der Waals surface area contributed by atoms with Crippen molar-refractivity contribution in [3.8, 4) is 0 Å². The van der Waals surface area contributed by atoms with Crippen LogP contribution in [0, 0.1) is 0 Å². The lowest BCUT2D eigenvalue weighted by Gasteiger charge is -2.27. The van der Waals surface area contributed by atoms with E-state index in [9.17, 15) is 22.8 Å². The van der Waals surface area contributed by atoms with E-state index in [0.717, 1.165) is 62.4 Å². The molecule has 11 heteroatoms. The third kappa shape index (κ3) is 8.04. The molecule has 2 aliphatic heterocycles. The Labute approximate surface area is 243 Å². The number of hydrogen-bond donors (Lipinski definition) is 0. The topological polar surface area (TPSA) is 80.0 Å². The second-order valence-corrected chi connectivity index (χ2v) is 10.9. The van der Waals surface area contributed by atoms with Crippen LogP contribution in [0.2, 0.25) is 0 Å². The number of benzene rings is 1. The van der Waals surface area contributed by atoms with Gasteiger partial charge in [-0.05, 0) is 49.1 Å². The number of nitrogens with zero attached hydrogens (tertiary/aromatic N) is 5. The second-order valence-electron chi connectivity index (χ2n) is 10.9. The van der Waals surface area contributed by atoms with Crippen molar-refractivity contribution in [1.82, 2.24) is 24.4 Å². The van der Waals surface area contributed by atoms with Gasteiger partial charge >= 0.3 is 6.18 Å². The Morgan fingerprint density at radius 2 is 1.76 bits per heavy atom. The molecule has 0 spiro atoms. The molecule has 0 N–H and O–H groups in total. The molecular formula is C31H36F3N5O3. The molecule has 1 aromatic carbocycles. The standard InChI is InChI=1S/C31H36F3N5O3/c32-31(33,34)13-10-29(41)38-16-11-24(12-17-38)26-4-3-15-39-30(26)35-28(36-39)22-23-6-8-25(9-7-23)27(40)5-1-2-14-37-18-20-42-21-19-37/h3-4,6-9,11,15H,1-2,5,10,12-14,16-22H2. The highest BCUT2D eigenvalue weighted by atomic mass is 19.4. The van der Waals surface area contributed by atoms with E-state index in [-0.39, 0.29) is 12.3 Å². The van der Waals surface area contributed by atoms with Gasteiger partial charge in [-0.15, -0.1) is 0 Å². The van der Waals surface area contributed by atoms with Gasteiger partial charge in [0.25, 0.3) is 0 Å². The van der Waals surface area contributed by atoms with Gasteiger partial charge in [0.1, 0.15) is 0 Å². The number of halogens is 3. The zero-order chi connectivity index (χ0) is 29.5. The Morgan fingerprint density at radius 1 is 0.976 bits per heavy atom. The maximum absolute atomic E-state index is 12.7. The maximum Gasteiger partial charge on any atom is 0.389 e. The minimum Gasteiger partial charge on any atom is -0.379 e. The van der Waals surface area contributed by atoms with Gasteiger partial charge in [-0.2, -0.15) is 18.3 Å². The molecule has 0 saturated carbocycles. The van der Waals surface area contributed by atoms with Crippen LogP contribution in [0.4, 0.5) is 13.2 Å². The highest BCUT2D eigenvalue weighted by molar-refractivity contribution is 5.96. The predicted octanol–water partition coefficient (Wildman–Crippen LogP) is 4.96. The zero-order valence-corrected chi connectivity index (χ0v) is 23.6. The lowest BCUT2D eigenvalue weighted by Crippen LogP contribution is -2.36. The van der Waals surface area contributed by atoms with Gasteiger partial charge in [0.15, 0.2) is 17.3 Å². The predicted molar refractivity (Wildman–Crippen MR) is 152 cm³/mol. The van der Waals surface area contributed by atoms with E-state index >= 15 is 0 Å². The molecule has 224 valence electrons. The van der Waals surface area contributed by atoms with E-state index in [1.807, 2.05) is 48.7 Å². The van der Waals surface area contributed by atoms with Gasteiger partial charge < -0.3 is 9.64 Å². The quantitative estimate of drug-likeness (QED) is 0.235. The molecule has 42 heavy (non-hydrogen) atoms. The summed E-state index contributed by atoms with van der Waals surface area (Å²) in [5.74, 6) is 0.312. The molecule has 0 bridgehead atoms. The van der Waals surface area contributed by atoms with Crippen molar-refractivity contribution in [1.29, 1.82) is 0 Å². The van der Waals surface area contributed by atoms with E-state index in [1.54, 1.807) is 4.52 Å².